The topological polar surface area (TPSA) is 66.6 Å². The van der Waals surface area contributed by atoms with Crippen LogP contribution in [0.25, 0.3) is 0 Å². The van der Waals surface area contributed by atoms with Gasteiger partial charge in [-0.15, -0.1) is 0 Å². The summed E-state index contributed by atoms with van der Waals surface area (Å²) in [7, 11) is 0. The number of likely N-dealkylation sites (tertiary alicyclic amines) is 1. The summed E-state index contributed by atoms with van der Waals surface area (Å²) in [6.45, 7) is 4.40. The molecule has 17 heavy (non-hydrogen) atoms. The molecule has 0 aromatic heterocycles. The first-order valence-corrected chi connectivity index (χ1v) is 6.79. The smallest absolute Gasteiger partial charge is 0.221 e. The average molecular weight is 242 g/mol. The quantitative estimate of drug-likeness (QED) is 0.658. The molecule has 4 nitrogen and oxygen atoms in total. The van der Waals surface area contributed by atoms with Crippen molar-refractivity contribution in [2.24, 2.45) is 11.7 Å². The van der Waals surface area contributed by atoms with Gasteiger partial charge in [-0.05, 0) is 39.2 Å². The van der Waals surface area contributed by atoms with E-state index < -0.39 is 0 Å². The number of hydrogen-bond acceptors (Lipinski definition) is 3. The van der Waals surface area contributed by atoms with Crippen molar-refractivity contribution in [3.8, 4) is 0 Å². The van der Waals surface area contributed by atoms with Crippen molar-refractivity contribution < 1.29 is 9.90 Å². The first kappa shape index (κ1) is 14.5. The van der Waals surface area contributed by atoms with Crippen LogP contribution in [0.4, 0.5) is 0 Å². The van der Waals surface area contributed by atoms with E-state index in [1.807, 2.05) is 0 Å². The van der Waals surface area contributed by atoms with Crippen LogP contribution in [0.3, 0.4) is 0 Å². The van der Waals surface area contributed by atoms with Crippen molar-refractivity contribution in [2.75, 3.05) is 19.7 Å². The lowest BCUT2D eigenvalue weighted by Crippen LogP contribution is -2.46. The highest BCUT2D eigenvalue weighted by Crippen LogP contribution is 2.22. The van der Waals surface area contributed by atoms with Gasteiger partial charge in [-0.3, -0.25) is 9.69 Å². The summed E-state index contributed by atoms with van der Waals surface area (Å²) in [5.74, 6) is -0.106. The van der Waals surface area contributed by atoms with Gasteiger partial charge in [-0.1, -0.05) is 12.8 Å². The average Bonchev–Trinajstić information content (AvgIpc) is 2.30. The molecule has 0 bridgehead atoms. The Hall–Kier alpha value is -0.610. The van der Waals surface area contributed by atoms with E-state index in [0.29, 0.717) is 12.6 Å². The fourth-order valence-electron chi connectivity index (χ4n) is 2.50. The molecule has 1 aliphatic heterocycles. The number of piperidine rings is 1. The number of hydrogen-bond donors (Lipinski definition) is 2. The van der Waals surface area contributed by atoms with Crippen molar-refractivity contribution in [1.29, 1.82) is 0 Å². The van der Waals surface area contributed by atoms with Gasteiger partial charge in [0.15, 0.2) is 0 Å². The summed E-state index contributed by atoms with van der Waals surface area (Å²) < 4.78 is 0. The fourth-order valence-corrected chi connectivity index (χ4v) is 2.50. The van der Waals surface area contributed by atoms with Crippen LogP contribution in [-0.4, -0.2) is 41.7 Å². The summed E-state index contributed by atoms with van der Waals surface area (Å²) in [4.78, 5) is 13.6. The molecular weight excluding hydrogens is 216 g/mol. The van der Waals surface area contributed by atoms with Crippen LogP contribution in [0.2, 0.25) is 0 Å². The Balaban J connectivity index is 2.22. The molecule has 1 heterocycles. The minimum atomic E-state index is -0.151. The van der Waals surface area contributed by atoms with Crippen molar-refractivity contribution >= 4 is 5.91 Å². The lowest BCUT2D eigenvalue weighted by Gasteiger charge is -2.36. The predicted molar refractivity (Wildman–Crippen MR) is 68.5 cm³/mol. The number of amides is 1. The third-order valence-electron chi connectivity index (χ3n) is 3.77. The van der Waals surface area contributed by atoms with Gasteiger partial charge in [0.2, 0.25) is 5.91 Å². The Labute approximate surface area is 104 Å². The molecule has 1 fully saturated rings. The molecule has 0 spiro atoms. The monoisotopic (exact) mass is 242 g/mol. The molecular formula is C13H26N2O2. The molecule has 100 valence electrons. The third-order valence-corrected chi connectivity index (χ3v) is 3.77. The highest BCUT2D eigenvalue weighted by molar-refractivity contribution is 5.76. The molecule has 1 aliphatic rings. The van der Waals surface area contributed by atoms with Crippen LogP contribution in [-0.2, 0) is 4.79 Å². The summed E-state index contributed by atoms with van der Waals surface area (Å²) >= 11 is 0. The van der Waals surface area contributed by atoms with Crippen molar-refractivity contribution in [3.63, 3.8) is 0 Å². The van der Waals surface area contributed by atoms with E-state index in [2.05, 4.69) is 11.8 Å². The van der Waals surface area contributed by atoms with E-state index in [4.69, 9.17) is 10.8 Å². The van der Waals surface area contributed by atoms with Gasteiger partial charge >= 0.3 is 0 Å². The van der Waals surface area contributed by atoms with Gasteiger partial charge in [0.1, 0.15) is 0 Å². The first-order chi connectivity index (χ1) is 8.15. The maximum absolute atomic E-state index is 11.2. The lowest BCUT2D eigenvalue weighted by atomic mass is 9.92. The summed E-state index contributed by atoms with van der Waals surface area (Å²) in [5, 5.41) is 8.69. The third kappa shape index (κ3) is 5.04. The van der Waals surface area contributed by atoms with Gasteiger partial charge < -0.3 is 10.8 Å². The van der Waals surface area contributed by atoms with E-state index in [1.165, 1.54) is 0 Å². The SMILES string of the molecule is CC1CCC(C(N)=O)CN1CCCCCCO. The van der Waals surface area contributed by atoms with E-state index in [9.17, 15) is 4.79 Å². The van der Waals surface area contributed by atoms with Crippen LogP contribution in [0, 0.1) is 5.92 Å². The molecule has 3 N–H and O–H groups in total. The van der Waals surface area contributed by atoms with Gasteiger partial charge in [0.25, 0.3) is 0 Å². The molecule has 0 aromatic carbocycles. The summed E-state index contributed by atoms with van der Waals surface area (Å²) in [6, 6.07) is 0.573. The molecule has 0 saturated carbocycles. The van der Waals surface area contributed by atoms with Gasteiger partial charge in [-0.25, -0.2) is 0 Å². The molecule has 1 saturated heterocycles. The van der Waals surface area contributed by atoms with Gasteiger partial charge in [-0.2, -0.15) is 0 Å². The van der Waals surface area contributed by atoms with E-state index in [-0.39, 0.29) is 11.8 Å². The van der Waals surface area contributed by atoms with Crippen LogP contribution in [0.15, 0.2) is 0 Å². The summed E-state index contributed by atoms with van der Waals surface area (Å²) in [6.07, 6.45) is 6.32. The number of nitrogens with two attached hydrogens (primary N) is 1. The Morgan fingerprint density at radius 1 is 1.29 bits per heavy atom. The molecule has 2 atom stereocenters. The number of unbranched alkanes of at least 4 members (excludes halogenated alkanes) is 3. The number of carbonyl (C=O) groups is 1. The molecule has 2 unspecified atom stereocenters. The highest BCUT2D eigenvalue weighted by Gasteiger charge is 2.27. The van der Waals surface area contributed by atoms with Crippen molar-refractivity contribution in [2.45, 2.75) is 51.5 Å². The fraction of sp³-hybridized carbons (Fsp3) is 0.923. The number of aliphatic hydroxyl groups excluding tert-OH is 1. The van der Waals surface area contributed by atoms with Crippen LogP contribution < -0.4 is 5.73 Å². The molecule has 0 aliphatic carbocycles. The Kier molecular flexibility index (Phi) is 6.52. The number of primary amides is 1. The molecule has 1 rings (SSSR count). The number of carbonyl (C=O) groups excluding carboxylic acids is 1. The van der Waals surface area contributed by atoms with E-state index in [1.54, 1.807) is 0 Å². The van der Waals surface area contributed by atoms with Crippen molar-refractivity contribution in [3.05, 3.63) is 0 Å². The minimum Gasteiger partial charge on any atom is -0.396 e. The zero-order chi connectivity index (χ0) is 12.7. The van der Waals surface area contributed by atoms with Crippen molar-refractivity contribution in [1.82, 2.24) is 4.90 Å². The molecule has 0 aromatic rings. The number of aliphatic hydroxyl groups is 1. The highest BCUT2D eigenvalue weighted by atomic mass is 16.2. The van der Waals surface area contributed by atoms with Crippen LogP contribution in [0.1, 0.15) is 45.4 Å². The maximum atomic E-state index is 11.2. The molecule has 1 amide bonds. The van der Waals surface area contributed by atoms with Crippen LogP contribution in [0.5, 0.6) is 0 Å². The second kappa shape index (κ2) is 7.67. The molecule has 0 radical (unpaired) electrons. The van der Waals surface area contributed by atoms with E-state index in [0.717, 1.165) is 51.6 Å². The Bertz CT molecular complexity index is 233. The van der Waals surface area contributed by atoms with Crippen LogP contribution >= 0.6 is 0 Å². The Morgan fingerprint density at radius 3 is 2.65 bits per heavy atom. The first-order valence-electron chi connectivity index (χ1n) is 6.79. The maximum Gasteiger partial charge on any atom is 0.221 e. The Morgan fingerprint density at radius 2 is 2.00 bits per heavy atom. The summed E-state index contributed by atoms with van der Waals surface area (Å²) in [5.41, 5.74) is 5.38. The molecule has 4 heteroatoms. The minimum absolute atomic E-state index is 0.0450. The van der Waals surface area contributed by atoms with E-state index >= 15 is 0 Å². The predicted octanol–water partition coefficient (Wildman–Crippen LogP) is 1.12. The largest absolute Gasteiger partial charge is 0.396 e. The zero-order valence-corrected chi connectivity index (χ0v) is 10.9. The van der Waals surface area contributed by atoms with Gasteiger partial charge in [0, 0.05) is 19.2 Å². The zero-order valence-electron chi connectivity index (χ0n) is 10.9. The number of nitrogens with zero attached hydrogens (tertiary/aromatic N) is 1. The number of rotatable bonds is 7. The second-order valence-corrected chi connectivity index (χ2v) is 5.16. The van der Waals surface area contributed by atoms with Gasteiger partial charge in [0.05, 0.1) is 5.92 Å². The lowest BCUT2D eigenvalue weighted by molar-refractivity contribution is -0.123. The normalized spacial score (nSPS) is 26.0. The second-order valence-electron chi connectivity index (χ2n) is 5.16. The standard InChI is InChI=1S/C13H26N2O2/c1-11-6-7-12(13(14)17)10-15(11)8-4-2-3-5-9-16/h11-12,16H,2-10H2,1H3,(H2,14,17).